The number of ether oxygens (including phenoxy) is 1. The fourth-order valence-electron chi connectivity index (χ4n) is 3.53. The van der Waals surface area contributed by atoms with Crippen LogP contribution >= 0.6 is 0 Å². The zero-order valence-electron chi connectivity index (χ0n) is 18.6. The van der Waals surface area contributed by atoms with Crippen molar-refractivity contribution >= 4 is 23.9 Å². The van der Waals surface area contributed by atoms with Gasteiger partial charge in [-0.2, -0.15) is 5.26 Å². The lowest BCUT2D eigenvalue weighted by molar-refractivity contribution is -0.138. The van der Waals surface area contributed by atoms with Crippen LogP contribution < -0.4 is 0 Å². The third-order valence-corrected chi connectivity index (χ3v) is 5.45. The maximum absolute atomic E-state index is 12.6. The predicted octanol–water partition coefficient (Wildman–Crippen LogP) is 4.53. The fourth-order valence-corrected chi connectivity index (χ4v) is 3.53. The Balaban J connectivity index is 1.56. The number of esters is 1. The molecule has 0 fully saturated rings. The summed E-state index contributed by atoms with van der Waals surface area (Å²) in [6.45, 7) is 1.73. The van der Waals surface area contributed by atoms with Crippen LogP contribution in [0.4, 0.5) is 0 Å². The third-order valence-electron chi connectivity index (χ3n) is 5.45. The van der Waals surface area contributed by atoms with Gasteiger partial charge in [0, 0.05) is 18.2 Å². The molecule has 0 spiro atoms. The van der Waals surface area contributed by atoms with Crippen LogP contribution in [0.25, 0.3) is 17.4 Å². The number of hydrogen-bond donors (Lipinski definition) is 0. The second-order valence-corrected chi connectivity index (χ2v) is 7.68. The van der Waals surface area contributed by atoms with E-state index < -0.39 is 17.8 Å². The second kappa shape index (κ2) is 9.43. The van der Waals surface area contributed by atoms with Gasteiger partial charge in [0.15, 0.2) is 0 Å². The van der Waals surface area contributed by atoms with Crippen LogP contribution in [0.1, 0.15) is 28.6 Å². The van der Waals surface area contributed by atoms with Crippen molar-refractivity contribution in [2.24, 2.45) is 0 Å². The minimum atomic E-state index is -0.627. The van der Waals surface area contributed by atoms with Crippen molar-refractivity contribution in [1.82, 2.24) is 4.90 Å². The van der Waals surface area contributed by atoms with E-state index in [9.17, 15) is 19.6 Å². The molecule has 0 saturated heterocycles. The van der Waals surface area contributed by atoms with E-state index in [1.807, 2.05) is 36.4 Å². The Morgan fingerprint density at radius 1 is 1.06 bits per heavy atom. The van der Waals surface area contributed by atoms with Crippen molar-refractivity contribution in [3.63, 3.8) is 0 Å². The lowest BCUT2D eigenvalue weighted by Crippen LogP contribution is -2.39. The Kier molecular flexibility index (Phi) is 6.24. The highest BCUT2D eigenvalue weighted by molar-refractivity contribution is 6.19. The van der Waals surface area contributed by atoms with Gasteiger partial charge < -0.3 is 9.15 Å². The second-order valence-electron chi connectivity index (χ2n) is 7.68. The Morgan fingerprint density at radius 2 is 1.82 bits per heavy atom. The maximum atomic E-state index is 12.6. The standard InChI is InChI=1S/C27H20N2O5/c1-17-22(25(30)29(2)26(31)23(17)15-28)14-21-11-12-24(34-21)19-9-6-10-20(13-19)27(32)33-16-18-7-4-3-5-8-18/h3-14H,16H2,1-2H3/b22-14+. The van der Waals surface area contributed by atoms with E-state index in [2.05, 4.69) is 0 Å². The molecular formula is C27H20N2O5. The number of rotatable bonds is 5. The Morgan fingerprint density at radius 3 is 2.56 bits per heavy atom. The van der Waals surface area contributed by atoms with Crippen molar-refractivity contribution < 1.29 is 23.5 Å². The van der Waals surface area contributed by atoms with E-state index in [0.717, 1.165) is 10.5 Å². The maximum Gasteiger partial charge on any atom is 0.338 e. The summed E-state index contributed by atoms with van der Waals surface area (Å²) in [7, 11) is 1.33. The number of nitrogens with zero attached hydrogens (tertiary/aromatic N) is 2. The Bertz CT molecular complexity index is 1390. The number of hydrogen-bond acceptors (Lipinski definition) is 6. The number of nitriles is 1. The normalized spacial score (nSPS) is 15.0. The molecule has 1 aromatic heterocycles. The predicted molar refractivity (Wildman–Crippen MR) is 124 cm³/mol. The van der Waals surface area contributed by atoms with E-state index >= 15 is 0 Å². The summed E-state index contributed by atoms with van der Waals surface area (Å²) in [4.78, 5) is 38.1. The molecule has 34 heavy (non-hydrogen) atoms. The van der Waals surface area contributed by atoms with E-state index in [4.69, 9.17) is 9.15 Å². The lowest BCUT2D eigenvalue weighted by Gasteiger charge is -2.23. The Labute approximate surface area is 196 Å². The zero-order valence-corrected chi connectivity index (χ0v) is 18.6. The molecule has 1 aliphatic heterocycles. The van der Waals surface area contributed by atoms with Gasteiger partial charge in [0.1, 0.15) is 29.8 Å². The number of likely N-dealkylation sites (N-methyl/N-ethyl adjacent to an activating group) is 1. The quantitative estimate of drug-likeness (QED) is 0.320. The molecule has 7 nitrogen and oxygen atoms in total. The van der Waals surface area contributed by atoms with Crippen LogP contribution in [0.15, 0.2) is 87.9 Å². The third kappa shape index (κ3) is 4.43. The first kappa shape index (κ1) is 22.5. The van der Waals surface area contributed by atoms with E-state index in [1.165, 1.54) is 13.1 Å². The zero-order chi connectivity index (χ0) is 24.2. The first-order valence-electron chi connectivity index (χ1n) is 10.5. The molecule has 0 atom stereocenters. The highest BCUT2D eigenvalue weighted by Crippen LogP contribution is 2.29. The van der Waals surface area contributed by atoms with Crippen molar-refractivity contribution in [2.75, 3.05) is 7.05 Å². The average Bonchev–Trinajstić information content (AvgIpc) is 3.34. The van der Waals surface area contributed by atoms with Crippen LogP contribution in [0, 0.1) is 11.3 Å². The number of carbonyl (C=O) groups excluding carboxylic acids is 3. The van der Waals surface area contributed by atoms with Gasteiger partial charge in [-0.15, -0.1) is 0 Å². The highest BCUT2D eigenvalue weighted by atomic mass is 16.5. The van der Waals surface area contributed by atoms with Crippen LogP contribution in [-0.4, -0.2) is 29.7 Å². The Hall–Kier alpha value is -4.70. The number of carbonyl (C=O) groups is 3. The summed E-state index contributed by atoms with van der Waals surface area (Å²) in [5.41, 5.74) is 2.36. The summed E-state index contributed by atoms with van der Waals surface area (Å²) in [6, 6.07) is 21.5. The first-order valence-corrected chi connectivity index (χ1v) is 10.5. The molecule has 0 N–H and O–H groups in total. The molecule has 3 aromatic rings. The summed E-state index contributed by atoms with van der Waals surface area (Å²) >= 11 is 0. The molecule has 0 aliphatic carbocycles. The minimum absolute atomic E-state index is 0.0816. The van der Waals surface area contributed by atoms with Gasteiger partial charge in [-0.05, 0) is 48.4 Å². The van der Waals surface area contributed by atoms with E-state index in [0.29, 0.717) is 28.2 Å². The molecule has 0 radical (unpaired) electrons. The highest BCUT2D eigenvalue weighted by Gasteiger charge is 2.33. The van der Waals surface area contributed by atoms with Crippen molar-refractivity contribution in [1.29, 1.82) is 5.26 Å². The first-order chi connectivity index (χ1) is 16.4. The monoisotopic (exact) mass is 452 g/mol. The summed E-state index contributed by atoms with van der Waals surface area (Å²) < 4.78 is 11.3. The summed E-state index contributed by atoms with van der Waals surface area (Å²) in [5, 5.41) is 9.29. The van der Waals surface area contributed by atoms with E-state index in [1.54, 1.807) is 43.3 Å². The molecular weight excluding hydrogens is 432 g/mol. The molecule has 168 valence electrons. The van der Waals surface area contributed by atoms with Crippen LogP contribution in [0.2, 0.25) is 0 Å². The minimum Gasteiger partial charge on any atom is -0.457 e. The molecule has 0 unspecified atom stereocenters. The van der Waals surface area contributed by atoms with Gasteiger partial charge in [-0.25, -0.2) is 4.79 Å². The molecule has 2 aromatic carbocycles. The lowest BCUT2D eigenvalue weighted by atomic mass is 9.95. The van der Waals surface area contributed by atoms with Crippen molar-refractivity contribution in [3.05, 3.63) is 100 Å². The largest absolute Gasteiger partial charge is 0.457 e. The number of furan rings is 1. The molecule has 0 bridgehead atoms. The van der Waals surface area contributed by atoms with Gasteiger partial charge in [-0.1, -0.05) is 42.5 Å². The molecule has 7 heteroatoms. The van der Waals surface area contributed by atoms with Gasteiger partial charge in [0.25, 0.3) is 11.8 Å². The van der Waals surface area contributed by atoms with Crippen molar-refractivity contribution in [2.45, 2.75) is 13.5 Å². The fraction of sp³-hybridized carbons (Fsp3) is 0.111. The molecule has 1 aliphatic rings. The topological polar surface area (TPSA) is 101 Å². The van der Waals surface area contributed by atoms with Crippen LogP contribution in [0.3, 0.4) is 0 Å². The van der Waals surface area contributed by atoms with Gasteiger partial charge >= 0.3 is 5.97 Å². The number of benzene rings is 2. The smallest absolute Gasteiger partial charge is 0.338 e. The summed E-state index contributed by atoms with van der Waals surface area (Å²) in [5.74, 6) is -0.736. The van der Waals surface area contributed by atoms with Crippen molar-refractivity contribution in [3.8, 4) is 17.4 Å². The molecule has 2 heterocycles. The van der Waals surface area contributed by atoms with E-state index in [-0.39, 0.29) is 17.8 Å². The summed E-state index contributed by atoms with van der Waals surface area (Å²) in [6.07, 6.45) is 1.50. The van der Waals surface area contributed by atoms with Gasteiger partial charge in [0.05, 0.1) is 5.56 Å². The number of imide groups is 1. The number of amides is 2. The average molecular weight is 452 g/mol. The SMILES string of the molecule is CC1=C(C#N)C(=O)N(C)C(=O)/C1=C/c1ccc(-c2cccc(C(=O)OCc3ccccc3)c2)o1. The molecule has 4 rings (SSSR count). The molecule has 0 saturated carbocycles. The van der Waals surface area contributed by atoms with Gasteiger partial charge in [0.2, 0.25) is 0 Å². The molecule has 2 amide bonds. The van der Waals surface area contributed by atoms with Crippen LogP contribution in [-0.2, 0) is 20.9 Å². The van der Waals surface area contributed by atoms with Gasteiger partial charge in [-0.3, -0.25) is 14.5 Å². The van der Waals surface area contributed by atoms with Crippen LogP contribution in [0.5, 0.6) is 0 Å².